The van der Waals surface area contributed by atoms with Crippen LogP contribution in [0.15, 0.2) is 18.3 Å². The molecule has 0 bridgehead atoms. The fourth-order valence-corrected chi connectivity index (χ4v) is 2.19. The number of anilines is 1. The van der Waals surface area contributed by atoms with Crippen LogP contribution in [0.1, 0.15) is 12.5 Å². The van der Waals surface area contributed by atoms with Gasteiger partial charge in [-0.05, 0) is 26.1 Å². The largest absolute Gasteiger partial charge is 0.353 e. The van der Waals surface area contributed by atoms with E-state index in [4.69, 9.17) is 5.26 Å². The van der Waals surface area contributed by atoms with Crippen molar-refractivity contribution >= 4 is 11.7 Å². The van der Waals surface area contributed by atoms with Crippen LogP contribution in [0.25, 0.3) is 0 Å². The van der Waals surface area contributed by atoms with Crippen LogP contribution in [0.4, 0.5) is 5.82 Å². The molecule has 106 valence electrons. The molecule has 0 unspecified atom stereocenters. The van der Waals surface area contributed by atoms with Gasteiger partial charge in [0.2, 0.25) is 5.91 Å². The average Bonchev–Trinajstić information content (AvgIpc) is 2.53. The van der Waals surface area contributed by atoms with Crippen LogP contribution in [-0.2, 0) is 4.79 Å². The molecule has 1 aromatic rings. The summed E-state index contributed by atoms with van der Waals surface area (Å²) in [5, 5.41) is 11.7. The summed E-state index contributed by atoms with van der Waals surface area (Å²) in [7, 11) is 1.79. The van der Waals surface area contributed by atoms with E-state index in [-0.39, 0.29) is 11.9 Å². The van der Waals surface area contributed by atoms with Gasteiger partial charge < -0.3 is 15.1 Å². The first-order valence-corrected chi connectivity index (χ1v) is 6.73. The van der Waals surface area contributed by atoms with Crippen molar-refractivity contribution in [2.24, 2.45) is 0 Å². The third-order valence-electron chi connectivity index (χ3n) is 3.60. The van der Waals surface area contributed by atoms with Crippen LogP contribution in [0.3, 0.4) is 0 Å². The zero-order valence-electron chi connectivity index (χ0n) is 11.8. The van der Waals surface area contributed by atoms with E-state index in [1.807, 2.05) is 17.9 Å². The fourth-order valence-electron chi connectivity index (χ4n) is 2.19. The number of hydrogen-bond acceptors (Lipinski definition) is 5. The number of likely N-dealkylation sites (N-methyl/N-ethyl adjacent to an activating group) is 1. The molecule has 0 aromatic carbocycles. The Morgan fingerprint density at radius 1 is 1.40 bits per heavy atom. The highest BCUT2D eigenvalue weighted by Gasteiger charge is 2.24. The van der Waals surface area contributed by atoms with Gasteiger partial charge in [0.15, 0.2) is 0 Å². The predicted octanol–water partition coefficient (Wildman–Crippen LogP) is 0.210. The summed E-state index contributed by atoms with van der Waals surface area (Å²) in [6.45, 7) is 4.80. The third kappa shape index (κ3) is 3.06. The van der Waals surface area contributed by atoms with Crippen molar-refractivity contribution in [3.8, 4) is 6.07 Å². The van der Waals surface area contributed by atoms with Gasteiger partial charge in [0, 0.05) is 32.4 Å². The van der Waals surface area contributed by atoms with E-state index < -0.39 is 0 Å². The fraction of sp³-hybridized carbons (Fsp3) is 0.500. The number of nitrogens with one attached hydrogen (secondary N) is 1. The second-order valence-corrected chi connectivity index (χ2v) is 4.84. The lowest BCUT2D eigenvalue weighted by molar-refractivity contribution is -0.133. The van der Waals surface area contributed by atoms with E-state index in [9.17, 15) is 4.79 Å². The summed E-state index contributed by atoms with van der Waals surface area (Å²) in [6, 6.07) is 5.53. The minimum atomic E-state index is -0.144. The summed E-state index contributed by atoms with van der Waals surface area (Å²) >= 11 is 0. The predicted molar refractivity (Wildman–Crippen MR) is 76.3 cm³/mol. The lowest BCUT2D eigenvalue weighted by Crippen LogP contribution is -2.53. The van der Waals surface area contributed by atoms with E-state index >= 15 is 0 Å². The molecule has 1 fully saturated rings. The minimum Gasteiger partial charge on any atom is -0.353 e. The first-order valence-electron chi connectivity index (χ1n) is 6.73. The van der Waals surface area contributed by atoms with Gasteiger partial charge >= 0.3 is 0 Å². The number of nitrogens with zero attached hydrogens (tertiary/aromatic N) is 4. The van der Waals surface area contributed by atoms with Crippen molar-refractivity contribution < 1.29 is 4.79 Å². The van der Waals surface area contributed by atoms with Gasteiger partial charge in [-0.2, -0.15) is 5.26 Å². The van der Waals surface area contributed by atoms with Crippen molar-refractivity contribution in [3.05, 3.63) is 23.9 Å². The van der Waals surface area contributed by atoms with E-state index in [1.165, 1.54) is 0 Å². The van der Waals surface area contributed by atoms with Crippen molar-refractivity contribution in [2.75, 3.05) is 38.1 Å². The Labute approximate surface area is 119 Å². The zero-order chi connectivity index (χ0) is 14.5. The molecule has 1 aliphatic rings. The number of pyridine rings is 1. The normalized spacial score (nSPS) is 16.6. The SMILES string of the molecule is CN[C@@H](C)C(=O)N1CCN(c2ccc(C#N)cn2)CC1. The number of piperazine rings is 1. The average molecular weight is 273 g/mol. The van der Waals surface area contributed by atoms with Crippen LogP contribution in [0.2, 0.25) is 0 Å². The van der Waals surface area contributed by atoms with Gasteiger partial charge in [-0.1, -0.05) is 0 Å². The molecule has 0 spiro atoms. The van der Waals surface area contributed by atoms with Gasteiger partial charge in [-0.3, -0.25) is 4.79 Å². The lowest BCUT2D eigenvalue weighted by atomic mass is 10.2. The standard InChI is InChI=1S/C14H19N5O/c1-11(16-2)14(20)19-7-5-18(6-8-19)13-4-3-12(9-15)10-17-13/h3-4,10-11,16H,5-8H2,1-2H3/t11-/m0/s1. The van der Waals surface area contributed by atoms with Gasteiger partial charge in [-0.25, -0.2) is 4.98 Å². The highest BCUT2D eigenvalue weighted by Crippen LogP contribution is 2.14. The van der Waals surface area contributed by atoms with Crippen LogP contribution < -0.4 is 10.2 Å². The number of rotatable bonds is 3. The Balaban J connectivity index is 1.94. The van der Waals surface area contributed by atoms with E-state index in [2.05, 4.69) is 21.3 Å². The van der Waals surface area contributed by atoms with Crippen LogP contribution >= 0.6 is 0 Å². The Hall–Kier alpha value is -2.13. The topological polar surface area (TPSA) is 72.3 Å². The highest BCUT2D eigenvalue weighted by molar-refractivity contribution is 5.81. The minimum absolute atomic E-state index is 0.139. The van der Waals surface area contributed by atoms with Crippen molar-refractivity contribution in [1.82, 2.24) is 15.2 Å². The van der Waals surface area contributed by atoms with Gasteiger partial charge in [0.25, 0.3) is 0 Å². The first-order chi connectivity index (χ1) is 9.65. The molecule has 1 aliphatic heterocycles. The van der Waals surface area contributed by atoms with Crippen molar-refractivity contribution in [3.63, 3.8) is 0 Å². The number of amides is 1. The van der Waals surface area contributed by atoms with E-state index in [0.29, 0.717) is 18.7 Å². The summed E-state index contributed by atoms with van der Waals surface area (Å²) < 4.78 is 0. The quantitative estimate of drug-likeness (QED) is 0.852. The molecule has 0 radical (unpaired) electrons. The Morgan fingerprint density at radius 3 is 2.60 bits per heavy atom. The van der Waals surface area contributed by atoms with Crippen LogP contribution in [-0.4, -0.2) is 55.1 Å². The van der Waals surface area contributed by atoms with Crippen LogP contribution in [0, 0.1) is 11.3 Å². The Kier molecular flexibility index (Phi) is 4.53. The lowest BCUT2D eigenvalue weighted by Gasteiger charge is -2.36. The molecule has 6 heteroatoms. The maximum Gasteiger partial charge on any atom is 0.239 e. The molecule has 1 aromatic heterocycles. The molecule has 0 saturated carbocycles. The number of nitriles is 1. The third-order valence-corrected chi connectivity index (χ3v) is 3.60. The summed E-state index contributed by atoms with van der Waals surface area (Å²) in [4.78, 5) is 20.3. The van der Waals surface area contributed by atoms with Crippen molar-refractivity contribution in [1.29, 1.82) is 5.26 Å². The Morgan fingerprint density at radius 2 is 2.10 bits per heavy atom. The molecular weight excluding hydrogens is 254 g/mol. The second-order valence-electron chi connectivity index (χ2n) is 4.84. The number of hydrogen-bond donors (Lipinski definition) is 1. The Bertz CT molecular complexity index is 499. The number of carbonyl (C=O) groups excluding carboxylic acids is 1. The van der Waals surface area contributed by atoms with Gasteiger partial charge in [-0.15, -0.1) is 0 Å². The maximum absolute atomic E-state index is 12.0. The maximum atomic E-state index is 12.0. The van der Waals surface area contributed by atoms with E-state index in [1.54, 1.807) is 19.3 Å². The molecule has 6 nitrogen and oxygen atoms in total. The summed E-state index contributed by atoms with van der Waals surface area (Å²) in [5.74, 6) is 0.998. The molecule has 1 atom stereocenters. The smallest absolute Gasteiger partial charge is 0.239 e. The molecule has 1 amide bonds. The zero-order valence-corrected chi connectivity index (χ0v) is 11.8. The van der Waals surface area contributed by atoms with Crippen LogP contribution in [0.5, 0.6) is 0 Å². The molecule has 2 rings (SSSR count). The van der Waals surface area contributed by atoms with Crippen molar-refractivity contribution in [2.45, 2.75) is 13.0 Å². The summed E-state index contributed by atoms with van der Waals surface area (Å²) in [6.07, 6.45) is 1.58. The summed E-state index contributed by atoms with van der Waals surface area (Å²) in [5.41, 5.74) is 0.561. The molecule has 2 heterocycles. The van der Waals surface area contributed by atoms with Gasteiger partial charge in [0.1, 0.15) is 11.9 Å². The monoisotopic (exact) mass is 273 g/mol. The van der Waals surface area contributed by atoms with E-state index in [0.717, 1.165) is 18.9 Å². The molecule has 20 heavy (non-hydrogen) atoms. The second kappa shape index (κ2) is 6.35. The highest BCUT2D eigenvalue weighted by atomic mass is 16.2. The molecule has 1 N–H and O–H groups in total. The van der Waals surface area contributed by atoms with Gasteiger partial charge in [0.05, 0.1) is 11.6 Å². The molecule has 0 aliphatic carbocycles. The first kappa shape index (κ1) is 14.3. The molecular formula is C14H19N5O. The molecule has 1 saturated heterocycles. The number of carbonyl (C=O) groups is 1. The number of aromatic nitrogens is 1.